The van der Waals surface area contributed by atoms with Crippen molar-refractivity contribution in [3.63, 3.8) is 0 Å². The predicted octanol–water partition coefficient (Wildman–Crippen LogP) is 3.98. The van der Waals surface area contributed by atoms with Gasteiger partial charge in [-0.05, 0) is 31.5 Å². The zero-order chi connectivity index (χ0) is 15.0. The third-order valence-electron chi connectivity index (χ3n) is 4.88. The Kier molecular flexibility index (Phi) is 4.89. The van der Waals surface area contributed by atoms with Crippen LogP contribution in [-0.4, -0.2) is 26.5 Å². The molecule has 0 radical (unpaired) electrons. The van der Waals surface area contributed by atoms with E-state index in [0.29, 0.717) is 0 Å². The fourth-order valence-corrected chi connectivity index (χ4v) is 3.79. The van der Waals surface area contributed by atoms with Crippen molar-refractivity contribution in [3.8, 4) is 0 Å². The molecule has 1 heterocycles. The number of esters is 1. The van der Waals surface area contributed by atoms with Gasteiger partial charge in [-0.1, -0.05) is 34.6 Å². The highest BCUT2D eigenvalue weighted by Crippen LogP contribution is 2.40. The fraction of sp³-hybridized carbons (Fsp3) is 0.933. The van der Waals surface area contributed by atoms with Crippen LogP contribution in [0, 0.1) is 11.8 Å². The molecule has 0 amide bonds. The zero-order valence-electron chi connectivity index (χ0n) is 13.7. The van der Waals surface area contributed by atoms with Crippen LogP contribution in [0.3, 0.4) is 0 Å². The average Bonchev–Trinajstić information content (AvgIpc) is 2.30. The maximum atomic E-state index is 11.2. The van der Waals surface area contributed by atoms with Crippen molar-refractivity contribution in [3.05, 3.63) is 0 Å². The van der Waals surface area contributed by atoms with E-state index in [9.17, 15) is 4.79 Å². The molecule has 1 aliphatic heterocycles. The topological polar surface area (TPSA) is 35.5 Å². The summed E-state index contributed by atoms with van der Waals surface area (Å²) in [6, 6.07) is 0. The molecule has 0 aromatic carbocycles. The number of hydrogen-bond donors (Lipinski definition) is 0. The lowest BCUT2D eigenvalue weighted by Crippen LogP contribution is -2.53. The third kappa shape index (κ3) is 3.40. The summed E-state index contributed by atoms with van der Waals surface area (Å²) in [6.07, 6.45) is 1.18. The Morgan fingerprint density at radius 3 is 2.21 bits per heavy atom. The Labute approximate surface area is 119 Å². The lowest BCUT2D eigenvalue weighted by Gasteiger charge is -2.44. The van der Waals surface area contributed by atoms with Gasteiger partial charge in [-0.3, -0.25) is 4.79 Å². The van der Waals surface area contributed by atoms with Gasteiger partial charge in [-0.25, -0.2) is 0 Å². The van der Waals surface area contributed by atoms with E-state index in [4.69, 9.17) is 9.16 Å². The Morgan fingerprint density at radius 2 is 1.89 bits per heavy atom. The molecule has 0 aromatic heterocycles. The highest BCUT2D eigenvalue weighted by Gasteiger charge is 2.47. The molecule has 1 aliphatic rings. The molecule has 0 aromatic rings. The van der Waals surface area contributed by atoms with Gasteiger partial charge in [0.2, 0.25) is 0 Å². The molecule has 0 saturated carbocycles. The maximum absolute atomic E-state index is 11.2. The first kappa shape index (κ1) is 16.7. The summed E-state index contributed by atoms with van der Waals surface area (Å²) in [6.45, 7) is 17.6. The van der Waals surface area contributed by atoms with Gasteiger partial charge in [0.25, 0.3) is 0 Å². The molecule has 0 bridgehead atoms. The number of cyclic esters (lactones) is 1. The van der Waals surface area contributed by atoms with Crippen molar-refractivity contribution in [2.75, 3.05) is 0 Å². The van der Waals surface area contributed by atoms with Gasteiger partial charge >= 0.3 is 5.97 Å². The van der Waals surface area contributed by atoms with Gasteiger partial charge in [0.1, 0.15) is 6.10 Å². The molecular formula is C15H30O3Si. The van der Waals surface area contributed by atoms with Crippen LogP contribution in [0.15, 0.2) is 0 Å². The minimum atomic E-state index is -1.77. The summed E-state index contributed by atoms with van der Waals surface area (Å²) in [4.78, 5) is 11.2. The van der Waals surface area contributed by atoms with Crippen LogP contribution in [-0.2, 0) is 14.0 Å². The number of hydrogen-bond acceptors (Lipinski definition) is 3. The molecule has 0 spiro atoms. The molecule has 1 saturated heterocycles. The molecule has 112 valence electrons. The molecule has 4 heteroatoms. The van der Waals surface area contributed by atoms with Crippen LogP contribution in [0.2, 0.25) is 18.1 Å². The van der Waals surface area contributed by atoms with Crippen LogP contribution in [0.5, 0.6) is 0 Å². The molecule has 1 rings (SSSR count). The smallest absolute Gasteiger partial charge is 0.312 e. The van der Waals surface area contributed by atoms with Crippen LogP contribution in [0.25, 0.3) is 0 Å². The summed E-state index contributed by atoms with van der Waals surface area (Å²) in [7, 11) is -1.77. The lowest BCUT2D eigenvalue weighted by molar-refractivity contribution is -0.193. The van der Waals surface area contributed by atoms with Gasteiger partial charge in [0.05, 0.1) is 12.0 Å². The van der Waals surface area contributed by atoms with E-state index in [1.807, 2.05) is 6.92 Å². The standard InChI is InChI=1S/C15H30O3Si/c1-9-12(18-19(7,8)15(4,5)6)10(2)13-11(3)14(16)17-13/h10-13H,9H2,1-8H3/t10-,11+,12+,13-/m0/s1. The number of carbonyl (C=O) groups is 1. The molecule has 19 heavy (non-hydrogen) atoms. The second-order valence-electron chi connectivity index (χ2n) is 7.37. The van der Waals surface area contributed by atoms with Crippen molar-refractivity contribution in [1.82, 2.24) is 0 Å². The van der Waals surface area contributed by atoms with Crippen LogP contribution >= 0.6 is 0 Å². The molecular weight excluding hydrogens is 256 g/mol. The highest BCUT2D eigenvalue weighted by molar-refractivity contribution is 6.74. The van der Waals surface area contributed by atoms with E-state index in [2.05, 4.69) is 47.7 Å². The summed E-state index contributed by atoms with van der Waals surface area (Å²) >= 11 is 0. The van der Waals surface area contributed by atoms with Crippen LogP contribution in [0.4, 0.5) is 0 Å². The largest absolute Gasteiger partial charge is 0.461 e. The molecule has 0 unspecified atom stereocenters. The predicted molar refractivity (Wildman–Crippen MR) is 80.6 cm³/mol. The molecule has 0 aliphatic carbocycles. The fourth-order valence-electron chi connectivity index (χ4n) is 2.30. The highest BCUT2D eigenvalue weighted by atomic mass is 28.4. The third-order valence-corrected chi connectivity index (χ3v) is 9.38. The second-order valence-corrected chi connectivity index (χ2v) is 12.1. The minimum absolute atomic E-state index is 0.0204. The van der Waals surface area contributed by atoms with Crippen LogP contribution in [0.1, 0.15) is 48.0 Å². The monoisotopic (exact) mass is 286 g/mol. The minimum Gasteiger partial charge on any atom is -0.461 e. The molecule has 1 fully saturated rings. The van der Waals surface area contributed by atoms with Gasteiger partial charge in [0, 0.05) is 5.92 Å². The first-order chi connectivity index (χ1) is 8.51. The van der Waals surface area contributed by atoms with Gasteiger partial charge < -0.3 is 9.16 Å². The van der Waals surface area contributed by atoms with Crippen molar-refractivity contribution < 1.29 is 14.0 Å². The van der Waals surface area contributed by atoms with E-state index < -0.39 is 8.32 Å². The van der Waals surface area contributed by atoms with Crippen molar-refractivity contribution in [2.45, 2.75) is 78.3 Å². The first-order valence-electron chi connectivity index (χ1n) is 7.39. The van der Waals surface area contributed by atoms with Gasteiger partial charge in [-0.2, -0.15) is 0 Å². The van der Waals surface area contributed by atoms with Crippen molar-refractivity contribution >= 4 is 14.3 Å². The normalized spacial score (nSPS) is 27.5. The summed E-state index contributed by atoms with van der Waals surface area (Å²) in [5.41, 5.74) is 0. The van der Waals surface area contributed by atoms with Crippen molar-refractivity contribution in [2.24, 2.45) is 11.8 Å². The SMILES string of the molecule is CC[C@@H](O[Si](C)(C)C(C)(C)C)[C@H](C)[C@@H]1OC(=O)[C@@H]1C. The quantitative estimate of drug-likeness (QED) is 0.566. The maximum Gasteiger partial charge on any atom is 0.312 e. The Bertz CT molecular complexity index is 333. The molecule has 3 nitrogen and oxygen atoms in total. The number of carbonyl (C=O) groups excluding carboxylic acids is 1. The Hall–Kier alpha value is -0.353. The summed E-state index contributed by atoms with van der Waals surface area (Å²) in [5, 5.41) is 0.210. The van der Waals surface area contributed by atoms with Gasteiger partial charge in [0.15, 0.2) is 8.32 Å². The van der Waals surface area contributed by atoms with E-state index in [1.165, 1.54) is 0 Å². The summed E-state index contributed by atoms with van der Waals surface area (Å²) < 4.78 is 11.8. The second kappa shape index (κ2) is 5.56. The van der Waals surface area contributed by atoms with Crippen molar-refractivity contribution in [1.29, 1.82) is 0 Å². The average molecular weight is 286 g/mol. The molecule has 0 N–H and O–H groups in total. The number of ether oxygens (including phenoxy) is 1. The van der Waals surface area contributed by atoms with E-state index >= 15 is 0 Å². The summed E-state index contributed by atoms with van der Waals surface area (Å²) in [5.74, 6) is 0.220. The Morgan fingerprint density at radius 1 is 1.37 bits per heavy atom. The van der Waals surface area contributed by atoms with Gasteiger partial charge in [-0.15, -0.1) is 0 Å². The molecule has 4 atom stereocenters. The van der Waals surface area contributed by atoms with E-state index in [0.717, 1.165) is 6.42 Å². The zero-order valence-corrected chi connectivity index (χ0v) is 14.7. The lowest BCUT2D eigenvalue weighted by atomic mass is 9.84. The Balaban J connectivity index is 2.71. The van der Waals surface area contributed by atoms with Crippen LogP contribution < -0.4 is 0 Å². The number of rotatable bonds is 5. The first-order valence-corrected chi connectivity index (χ1v) is 10.3. The van der Waals surface area contributed by atoms with E-state index in [-0.39, 0.29) is 35.1 Å². The van der Waals surface area contributed by atoms with E-state index in [1.54, 1.807) is 0 Å².